The van der Waals surface area contributed by atoms with Gasteiger partial charge in [-0.1, -0.05) is 41.9 Å². The Balaban J connectivity index is 1.53. The van der Waals surface area contributed by atoms with Crippen molar-refractivity contribution >= 4 is 50.5 Å². The van der Waals surface area contributed by atoms with Crippen molar-refractivity contribution in [3.05, 3.63) is 88.9 Å². The lowest BCUT2D eigenvalue weighted by Crippen LogP contribution is -2.37. The second kappa shape index (κ2) is 11.4. The molecule has 3 rings (SSSR count). The molecule has 2 N–H and O–H groups in total. The number of benzene rings is 3. The molecule has 0 aliphatic carbocycles. The first-order chi connectivity index (χ1) is 16.1. The zero-order valence-electron chi connectivity index (χ0n) is 18.6. The van der Waals surface area contributed by atoms with Crippen LogP contribution in [0.4, 0.5) is 5.69 Å². The zero-order valence-corrected chi connectivity index (χ0v) is 21.0. The van der Waals surface area contributed by atoms with Crippen molar-refractivity contribution < 1.29 is 17.9 Å². The van der Waals surface area contributed by atoms with Crippen LogP contribution < -0.4 is 15.4 Å². The smallest absolute Gasteiger partial charge is 0.264 e. The summed E-state index contributed by atoms with van der Waals surface area (Å²) >= 11 is 11.1. The van der Waals surface area contributed by atoms with E-state index in [1.54, 1.807) is 30.3 Å². The number of hydrogen-bond donors (Lipinski definition) is 2. The summed E-state index contributed by atoms with van der Waals surface area (Å²) in [5.41, 5.74) is 2.23. The van der Waals surface area contributed by atoms with Gasteiger partial charge in [0.1, 0.15) is 5.75 Å². The lowest BCUT2D eigenvalue weighted by atomic mass is 10.2. The molecule has 1 amide bonds. The van der Waals surface area contributed by atoms with E-state index in [4.69, 9.17) is 28.6 Å². The van der Waals surface area contributed by atoms with Crippen LogP contribution in [0.1, 0.15) is 11.1 Å². The normalized spacial score (nSPS) is 11.2. The lowest BCUT2D eigenvalue weighted by Gasteiger charge is -2.18. The van der Waals surface area contributed by atoms with Crippen molar-refractivity contribution in [3.63, 3.8) is 0 Å². The molecule has 0 fully saturated rings. The summed E-state index contributed by atoms with van der Waals surface area (Å²) in [6.45, 7) is 1.86. The summed E-state index contributed by atoms with van der Waals surface area (Å²) in [5.74, 6) is 0.112. The lowest BCUT2D eigenvalue weighted by molar-refractivity contribution is -0.121. The number of nitrogens with zero attached hydrogens (tertiary/aromatic N) is 1. The van der Waals surface area contributed by atoms with Gasteiger partial charge in [0, 0.05) is 24.3 Å². The molecule has 0 radical (unpaired) electrons. The zero-order chi connectivity index (χ0) is 24.7. The molecule has 0 aliphatic heterocycles. The van der Waals surface area contributed by atoms with Crippen LogP contribution in [0.15, 0.2) is 77.7 Å². The molecule has 0 spiro atoms. The summed E-state index contributed by atoms with van der Waals surface area (Å²) < 4.78 is 32.5. The van der Waals surface area contributed by atoms with E-state index in [9.17, 15) is 13.2 Å². The van der Waals surface area contributed by atoms with Crippen LogP contribution in [0, 0.1) is 6.92 Å². The molecule has 3 aromatic rings. The van der Waals surface area contributed by atoms with Gasteiger partial charge in [0.15, 0.2) is 11.7 Å². The van der Waals surface area contributed by atoms with E-state index >= 15 is 0 Å². The minimum absolute atomic E-state index is 0.0678. The Morgan fingerprint density at radius 3 is 2.38 bits per heavy atom. The second-order valence-electron chi connectivity index (χ2n) is 7.47. The topological polar surface area (TPSA) is 87.7 Å². The molecule has 0 aliphatic rings. The number of thiocarbonyl (C=S) groups is 1. The van der Waals surface area contributed by atoms with E-state index in [0.29, 0.717) is 16.5 Å². The van der Waals surface area contributed by atoms with E-state index in [2.05, 4.69) is 10.6 Å². The number of carbonyl (C=O) groups is 1. The fraction of sp³-hybridized carbons (Fsp3) is 0.167. The third-order valence-corrected chi connectivity index (χ3v) is 7.07. The van der Waals surface area contributed by atoms with Crippen molar-refractivity contribution in [1.29, 1.82) is 0 Å². The predicted molar refractivity (Wildman–Crippen MR) is 138 cm³/mol. The molecule has 7 nitrogen and oxygen atoms in total. The van der Waals surface area contributed by atoms with E-state index in [1.807, 2.05) is 37.3 Å². The molecule has 0 aromatic heterocycles. The molecule has 0 bridgehead atoms. The van der Waals surface area contributed by atoms with Crippen LogP contribution in [0.3, 0.4) is 0 Å². The molecule has 0 saturated heterocycles. The first kappa shape index (κ1) is 25.6. The monoisotopic (exact) mass is 517 g/mol. The van der Waals surface area contributed by atoms with Crippen molar-refractivity contribution in [3.8, 4) is 5.75 Å². The first-order valence-corrected chi connectivity index (χ1v) is 12.5. The summed E-state index contributed by atoms with van der Waals surface area (Å²) in [6.07, 6.45) is 0. The van der Waals surface area contributed by atoms with Crippen LogP contribution in [0.25, 0.3) is 0 Å². The molecule has 0 saturated carbocycles. The Labute approximate surface area is 209 Å². The van der Waals surface area contributed by atoms with Gasteiger partial charge < -0.3 is 10.1 Å². The van der Waals surface area contributed by atoms with Gasteiger partial charge in [-0.2, -0.15) is 4.31 Å². The number of anilines is 1. The van der Waals surface area contributed by atoms with E-state index in [1.165, 1.54) is 23.5 Å². The molecule has 3 aromatic carbocycles. The van der Waals surface area contributed by atoms with Gasteiger partial charge >= 0.3 is 0 Å². The Morgan fingerprint density at radius 2 is 1.74 bits per heavy atom. The van der Waals surface area contributed by atoms with E-state index < -0.39 is 15.9 Å². The molecule has 10 heteroatoms. The highest BCUT2D eigenvalue weighted by molar-refractivity contribution is 7.89. The number of nitrogens with one attached hydrogen (secondary N) is 2. The van der Waals surface area contributed by atoms with Crippen LogP contribution in [0.5, 0.6) is 5.75 Å². The molecular formula is C24H24ClN3O4S2. The number of sulfonamides is 1. The Bertz CT molecular complexity index is 1270. The van der Waals surface area contributed by atoms with Gasteiger partial charge in [-0.05, 0) is 72.7 Å². The van der Waals surface area contributed by atoms with Crippen molar-refractivity contribution in [2.24, 2.45) is 0 Å². The standard InChI is InChI=1S/C24H24ClN3O4S2/c1-17-14-19(25)8-13-22(17)32-16-23(29)27-24(33)26-20-9-11-21(12-10-20)34(30,31)28(2)15-18-6-4-3-5-7-18/h3-14H,15-16H2,1-2H3,(H2,26,27,29,33). The van der Waals surface area contributed by atoms with Crippen LogP contribution in [-0.2, 0) is 21.4 Å². The number of halogens is 1. The summed E-state index contributed by atoms with van der Waals surface area (Å²) in [6, 6.07) is 20.6. The van der Waals surface area contributed by atoms with Gasteiger partial charge in [-0.3, -0.25) is 10.1 Å². The van der Waals surface area contributed by atoms with Crippen molar-refractivity contribution in [2.75, 3.05) is 19.0 Å². The van der Waals surface area contributed by atoms with Crippen LogP contribution in [-0.4, -0.2) is 37.4 Å². The summed E-state index contributed by atoms with van der Waals surface area (Å²) in [5, 5.41) is 6.03. The van der Waals surface area contributed by atoms with Crippen molar-refractivity contribution in [2.45, 2.75) is 18.4 Å². The molecule has 178 valence electrons. The third-order valence-electron chi connectivity index (χ3n) is 4.82. The highest BCUT2D eigenvalue weighted by Gasteiger charge is 2.21. The molecule has 0 unspecified atom stereocenters. The highest BCUT2D eigenvalue weighted by Crippen LogP contribution is 2.22. The SMILES string of the molecule is Cc1cc(Cl)ccc1OCC(=O)NC(=S)Nc1ccc(S(=O)(=O)N(C)Cc2ccccc2)cc1. The Hall–Kier alpha value is -2.98. The highest BCUT2D eigenvalue weighted by atomic mass is 35.5. The first-order valence-electron chi connectivity index (χ1n) is 10.3. The average Bonchev–Trinajstić information content (AvgIpc) is 2.79. The minimum Gasteiger partial charge on any atom is -0.483 e. The summed E-state index contributed by atoms with van der Waals surface area (Å²) in [4.78, 5) is 12.3. The van der Waals surface area contributed by atoms with Crippen LogP contribution >= 0.6 is 23.8 Å². The fourth-order valence-electron chi connectivity index (χ4n) is 3.06. The van der Waals surface area contributed by atoms with Crippen LogP contribution in [0.2, 0.25) is 5.02 Å². The Morgan fingerprint density at radius 1 is 1.06 bits per heavy atom. The van der Waals surface area contributed by atoms with Gasteiger partial charge in [0.25, 0.3) is 5.91 Å². The third kappa shape index (κ3) is 7.01. The number of aryl methyl sites for hydroxylation is 1. The van der Waals surface area contributed by atoms with Gasteiger partial charge in [-0.25, -0.2) is 8.42 Å². The molecule has 0 atom stereocenters. The van der Waals surface area contributed by atoms with Crippen molar-refractivity contribution in [1.82, 2.24) is 9.62 Å². The fourth-order valence-corrected chi connectivity index (χ4v) is 4.68. The largest absolute Gasteiger partial charge is 0.483 e. The quantitative estimate of drug-likeness (QED) is 0.432. The van der Waals surface area contributed by atoms with E-state index in [0.717, 1.165) is 11.1 Å². The molecule has 0 heterocycles. The Kier molecular flexibility index (Phi) is 8.62. The maximum absolute atomic E-state index is 12.8. The van der Waals surface area contributed by atoms with Gasteiger partial charge in [-0.15, -0.1) is 0 Å². The second-order valence-corrected chi connectivity index (χ2v) is 10.4. The average molecular weight is 518 g/mol. The number of rotatable bonds is 8. The maximum Gasteiger partial charge on any atom is 0.264 e. The molecular weight excluding hydrogens is 494 g/mol. The number of amides is 1. The number of ether oxygens (including phenoxy) is 1. The maximum atomic E-state index is 12.8. The van der Waals surface area contributed by atoms with Gasteiger partial charge in [0.05, 0.1) is 4.90 Å². The predicted octanol–water partition coefficient (Wildman–Crippen LogP) is 4.36. The van der Waals surface area contributed by atoms with E-state index in [-0.39, 0.29) is 23.2 Å². The number of hydrogen-bond acceptors (Lipinski definition) is 5. The molecule has 34 heavy (non-hydrogen) atoms. The summed E-state index contributed by atoms with van der Waals surface area (Å²) in [7, 11) is -2.13. The number of carbonyl (C=O) groups excluding carboxylic acids is 1. The van der Waals surface area contributed by atoms with Gasteiger partial charge in [0.2, 0.25) is 10.0 Å². The minimum atomic E-state index is -3.66.